The lowest BCUT2D eigenvalue weighted by Crippen LogP contribution is -2.30. The lowest BCUT2D eigenvalue weighted by Gasteiger charge is -2.21. The maximum absolute atomic E-state index is 12.9. The van der Waals surface area contributed by atoms with Gasteiger partial charge in [0.25, 0.3) is 0 Å². The molecule has 3 atom stereocenters. The quantitative estimate of drug-likeness (QED) is 0.0197. The molecule has 0 aromatic carbocycles. The van der Waals surface area contributed by atoms with E-state index in [1.54, 1.807) is 0 Å². The standard InChI is InChI=1S/C64H121O11P/c1-4-7-10-13-16-19-22-25-27-29-30-32-34-37-40-43-46-49-52-55-64(68)75-61(57-71-62(66)53-50-47-44-41-38-35-24-21-18-15-12-9-6-3)59-73-76(69,70)72-58-60(56-65)74-63(67)54-51-48-45-42-39-36-33-31-28-26-23-20-17-14-11-8-5-2/h25-28,60-61,65H,4-24,29-59H2,1-3H3,(H,69,70)/b27-25-,28-26-. The Hall–Kier alpha value is -2.04. The molecular formula is C64H121O11P. The molecule has 2 N–H and O–H groups in total. The van der Waals surface area contributed by atoms with Crippen molar-refractivity contribution in [2.45, 2.75) is 341 Å². The molecule has 0 radical (unpaired) electrons. The first kappa shape index (κ1) is 74.0. The van der Waals surface area contributed by atoms with E-state index in [1.807, 2.05) is 0 Å². The molecule has 0 aliphatic rings. The van der Waals surface area contributed by atoms with Crippen molar-refractivity contribution in [1.82, 2.24) is 0 Å². The Morgan fingerprint density at radius 3 is 0.908 bits per heavy atom. The highest BCUT2D eigenvalue weighted by molar-refractivity contribution is 7.47. The van der Waals surface area contributed by atoms with E-state index < -0.39 is 57.8 Å². The minimum absolute atomic E-state index is 0.171. The molecule has 0 aromatic heterocycles. The van der Waals surface area contributed by atoms with E-state index in [1.165, 1.54) is 205 Å². The van der Waals surface area contributed by atoms with Gasteiger partial charge in [0.1, 0.15) is 12.7 Å². The minimum atomic E-state index is -4.75. The fraction of sp³-hybridized carbons (Fsp3) is 0.891. The van der Waals surface area contributed by atoms with E-state index in [2.05, 4.69) is 45.1 Å². The van der Waals surface area contributed by atoms with Gasteiger partial charge in [0.05, 0.1) is 19.8 Å². The van der Waals surface area contributed by atoms with E-state index >= 15 is 0 Å². The fourth-order valence-corrected chi connectivity index (χ4v) is 10.2. The molecule has 3 unspecified atom stereocenters. The Labute approximate surface area is 468 Å². The van der Waals surface area contributed by atoms with Gasteiger partial charge >= 0.3 is 25.7 Å². The second-order valence-corrected chi connectivity index (χ2v) is 23.4. The summed E-state index contributed by atoms with van der Waals surface area (Å²) >= 11 is 0. The molecule has 0 amide bonds. The van der Waals surface area contributed by atoms with E-state index in [-0.39, 0.29) is 25.9 Å². The molecule has 0 saturated carbocycles. The summed E-state index contributed by atoms with van der Waals surface area (Å²) in [4.78, 5) is 48.7. The molecule has 448 valence electrons. The number of esters is 3. The molecule has 0 aliphatic heterocycles. The third kappa shape index (κ3) is 56.7. The molecular weight excluding hydrogens is 976 g/mol. The van der Waals surface area contributed by atoms with Crippen LogP contribution in [0.5, 0.6) is 0 Å². The highest BCUT2D eigenvalue weighted by Crippen LogP contribution is 2.43. The van der Waals surface area contributed by atoms with Gasteiger partial charge in [-0.3, -0.25) is 23.4 Å². The Kier molecular flexibility index (Phi) is 57.5. The van der Waals surface area contributed by atoms with Crippen molar-refractivity contribution in [2.24, 2.45) is 0 Å². The van der Waals surface area contributed by atoms with Crippen molar-refractivity contribution in [3.05, 3.63) is 24.3 Å². The normalized spacial score (nSPS) is 13.4. The number of ether oxygens (including phenoxy) is 3. The number of carbonyl (C=O) groups excluding carboxylic acids is 3. The summed E-state index contributed by atoms with van der Waals surface area (Å²) in [6.45, 7) is 4.70. The van der Waals surface area contributed by atoms with Crippen LogP contribution in [0.1, 0.15) is 329 Å². The number of aliphatic hydroxyl groups is 1. The number of phosphoric acid groups is 1. The molecule has 0 rings (SSSR count). The highest BCUT2D eigenvalue weighted by Gasteiger charge is 2.28. The van der Waals surface area contributed by atoms with E-state index in [4.69, 9.17) is 23.3 Å². The van der Waals surface area contributed by atoms with Gasteiger partial charge in [0, 0.05) is 19.3 Å². The van der Waals surface area contributed by atoms with Crippen molar-refractivity contribution in [1.29, 1.82) is 0 Å². The molecule has 0 bridgehead atoms. The number of hydrogen-bond acceptors (Lipinski definition) is 10. The molecule has 0 heterocycles. The van der Waals surface area contributed by atoms with Gasteiger partial charge in [0.2, 0.25) is 0 Å². The summed E-state index contributed by atoms with van der Waals surface area (Å²) in [6, 6.07) is 0. The number of unbranched alkanes of at least 4 members (excludes halogenated alkanes) is 40. The highest BCUT2D eigenvalue weighted by atomic mass is 31.2. The van der Waals surface area contributed by atoms with Gasteiger partial charge in [0.15, 0.2) is 6.10 Å². The predicted octanol–water partition coefficient (Wildman–Crippen LogP) is 19.4. The maximum Gasteiger partial charge on any atom is 0.472 e. The average molecular weight is 1100 g/mol. The van der Waals surface area contributed by atoms with E-state index in [0.29, 0.717) is 19.3 Å². The third-order valence-corrected chi connectivity index (χ3v) is 15.3. The maximum atomic E-state index is 12.9. The van der Waals surface area contributed by atoms with Crippen LogP contribution in [0.15, 0.2) is 24.3 Å². The first-order valence-electron chi connectivity index (χ1n) is 32.2. The monoisotopic (exact) mass is 1100 g/mol. The summed E-state index contributed by atoms with van der Waals surface area (Å²) in [7, 11) is -4.75. The molecule has 11 nitrogen and oxygen atoms in total. The average Bonchev–Trinajstić information content (AvgIpc) is 3.41. The summed E-state index contributed by atoms with van der Waals surface area (Å²) in [5.41, 5.74) is 0. The SMILES string of the molecule is CCCCCCCC/C=C\CCCCCCCCCCCC(=O)OC(COC(=O)CCCCCCCCCCCCCCC)COP(=O)(O)OCC(CO)OC(=O)CCCCCCCCC/C=C\CCCCCCCC. The smallest absolute Gasteiger partial charge is 0.462 e. The minimum Gasteiger partial charge on any atom is -0.462 e. The Balaban J connectivity index is 4.63. The number of carbonyl (C=O) groups is 3. The molecule has 12 heteroatoms. The van der Waals surface area contributed by atoms with Crippen LogP contribution in [-0.2, 0) is 42.2 Å². The third-order valence-electron chi connectivity index (χ3n) is 14.3. The van der Waals surface area contributed by atoms with Crippen molar-refractivity contribution >= 4 is 25.7 Å². The van der Waals surface area contributed by atoms with Gasteiger partial charge in [-0.15, -0.1) is 0 Å². The van der Waals surface area contributed by atoms with E-state index in [9.17, 15) is 28.9 Å². The van der Waals surface area contributed by atoms with Crippen LogP contribution in [-0.4, -0.2) is 66.5 Å². The summed E-state index contributed by atoms with van der Waals surface area (Å²) in [6.07, 6.45) is 61.2. The second-order valence-electron chi connectivity index (χ2n) is 21.9. The number of hydrogen-bond donors (Lipinski definition) is 2. The van der Waals surface area contributed by atoms with Crippen LogP contribution in [0.25, 0.3) is 0 Å². The lowest BCUT2D eigenvalue weighted by molar-refractivity contribution is -0.161. The van der Waals surface area contributed by atoms with Crippen molar-refractivity contribution in [3.8, 4) is 0 Å². The summed E-state index contributed by atoms with van der Waals surface area (Å²) < 4.78 is 39.7. The van der Waals surface area contributed by atoms with Gasteiger partial charge in [-0.25, -0.2) is 4.57 Å². The lowest BCUT2D eigenvalue weighted by atomic mass is 10.0. The zero-order chi connectivity index (χ0) is 55.5. The van der Waals surface area contributed by atoms with Gasteiger partial charge in [-0.2, -0.15) is 0 Å². The van der Waals surface area contributed by atoms with Gasteiger partial charge in [-0.1, -0.05) is 263 Å². The first-order valence-corrected chi connectivity index (χ1v) is 33.7. The van der Waals surface area contributed by atoms with Gasteiger partial charge in [-0.05, 0) is 70.6 Å². The molecule has 0 aromatic rings. The fourth-order valence-electron chi connectivity index (χ4n) is 9.41. The van der Waals surface area contributed by atoms with Crippen molar-refractivity contribution in [2.75, 3.05) is 26.4 Å². The number of allylic oxidation sites excluding steroid dienone is 4. The number of phosphoric ester groups is 1. The van der Waals surface area contributed by atoms with Crippen LogP contribution < -0.4 is 0 Å². The van der Waals surface area contributed by atoms with Crippen LogP contribution >= 0.6 is 7.82 Å². The van der Waals surface area contributed by atoms with Crippen LogP contribution in [0.2, 0.25) is 0 Å². The van der Waals surface area contributed by atoms with Crippen LogP contribution in [0.3, 0.4) is 0 Å². The first-order chi connectivity index (χ1) is 37.2. The Morgan fingerprint density at radius 1 is 0.355 bits per heavy atom. The zero-order valence-corrected chi connectivity index (χ0v) is 50.6. The van der Waals surface area contributed by atoms with Crippen LogP contribution in [0, 0.1) is 0 Å². The summed E-state index contributed by atoms with van der Waals surface area (Å²) in [5.74, 6) is -1.44. The van der Waals surface area contributed by atoms with Gasteiger partial charge < -0.3 is 24.2 Å². The summed E-state index contributed by atoms with van der Waals surface area (Å²) in [5, 5.41) is 9.85. The van der Waals surface area contributed by atoms with E-state index in [0.717, 1.165) is 64.2 Å². The molecule has 0 aliphatic carbocycles. The number of rotatable bonds is 61. The molecule has 0 saturated heterocycles. The molecule has 76 heavy (non-hydrogen) atoms. The topological polar surface area (TPSA) is 155 Å². The molecule has 0 spiro atoms. The predicted molar refractivity (Wildman–Crippen MR) is 316 cm³/mol. The number of aliphatic hydroxyl groups excluding tert-OH is 1. The van der Waals surface area contributed by atoms with Crippen molar-refractivity contribution in [3.63, 3.8) is 0 Å². The second kappa shape index (κ2) is 59.1. The largest absolute Gasteiger partial charge is 0.472 e. The Morgan fingerprint density at radius 2 is 0.605 bits per heavy atom. The van der Waals surface area contributed by atoms with Crippen molar-refractivity contribution < 1.29 is 52.2 Å². The van der Waals surface area contributed by atoms with Crippen LogP contribution in [0.4, 0.5) is 0 Å². The zero-order valence-electron chi connectivity index (χ0n) is 49.7. The Bertz CT molecular complexity index is 1370. The molecule has 0 fully saturated rings.